The van der Waals surface area contributed by atoms with E-state index in [0.717, 1.165) is 43.2 Å². The molecular formula is C55H79N15O15S4. The number of rotatable bonds is 12. The topological polar surface area (TPSA) is 444 Å². The van der Waals surface area contributed by atoms with E-state index in [-0.39, 0.29) is 81.0 Å². The molecule has 2 bridgehead atoms. The number of nitrogens with two attached hydrogens (primary N) is 1. The number of aliphatic carboxylic acids is 1. The zero-order chi connectivity index (χ0) is 64.7. The highest BCUT2D eigenvalue weighted by Gasteiger charge is 2.43. The van der Waals surface area contributed by atoms with Crippen LogP contribution >= 0.6 is 43.2 Å². The molecule has 12 atom stereocenters. The van der Waals surface area contributed by atoms with E-state index >= 15 is 0 Å². The lowest BCUT2D eigenvalue weighted by atomic mass is 10.0. The number of benzene rings is 1. The van der Waals surface area contributed by atoms with Gasteiger partial charge in [-0.25, -0.2) is 9.78 Å². The van der Waals surface area contributed by atoms with Gasteiger partial charge in [-0.15, -0.1) is 0 Å². The number of aromatic amines is 1. The highest BCUT2D eigenvalue weighted by molar-refractivity contribution is 8.77. The molecule has 1 aromatic carbocycles. The van der Waals surface area contributed by atoms with Crippen LogP contribution in [-0.4, -0.2) is 229 Å². The second-order valence-electron chi connectivity index (χ2n) is 21.5. The number of carbonyl (C=O) groups excluding carboxylic acids is 12. The van der Waals surface area contributed by atoms with Gasteiger partial charge in [0.25, 0.3) is 0 Å². The monoisotopic (exact) mass is 1320 g/mol. The van der Waals surface area contributed by atoms with Crippen molar-refractivity contribution in [2.45, 2.75) is 157 Å². The number of carbonyl (C=O) groups is 13. The van der Waals surface area contributed by atoms with Crippen LogP contribution in [0.4, 0.5) is 0 Å². The Hall–Kier alpha value is -7.14. The van der Waals surface area contributed by atoms with Gasteiger partial charge in [0, 0.05) is 60.8 Å². The summed E-state index contributed by atoms with van der Waals surface area (Å²) in [5.41, 5.74) is 6.60. The molecule has 488 valence electrons. The smallest absolute Gasteiger partial charge is 0.327 e. The molecule has 0 aliphatic carbocycles. The predicted octanol–water partition coefficient (Wildman–Crippen LogP) is -3.53. The van der Waals surface area contributed by atoms with Gasteiger partial charge in [-0.1, -0.05) is 101 Å². The van der Waals surface area contributed by atoms with E-state index in [1.54, 1.807) is 51.1 Å². The Bertz CT molecular complexity index is 2850. The first-order valence-corrected chi connectivity index (χ1v) is 34.3. The average Bonchev–Trinajstić information content (AvgIpc) is 2.49. The van der Waals surface area contributed by atoms with E-state index in [9.17, 15) is 72.5 Å². The fourth-order valence-electron chi connectivity index (χ4n) is 10.2. The molecule has 15 N–H and O–H groups in total. The van der Waals surface area contributed by atoms with Gasteiger partial charge in [-0.05, 0) is 50.5 Å². The number of H-pyrrole nitrogens is 1. The highest BCUT2D eigenvalue weighted by Crippen LogP contribution is 2.27. The number of amides is 12. The van der Waals surface area contributed by atoms with Crippen LogP contribution in [0.1, 0.15) is 83.4 Å². The molecule has 12 amide bonds. The number of nitrogens with one attached hydrogen (secondary N) is 11. The van der Waals surface area contributed by atoms with Gasteiger partial charge in [-0.2, -0.15) is 0 Å². The molecule has 0 radical (unpaired) electrons. The molecule has 34 heteroatoms. The molecule has 0 saturated carbocycles. The van der Waals surface area contributed by atoms with E-state index in [1.165, 1.54) is 22.3 Å². The lowest BCUT2D eigenvalue weighted by Gasteiger charge is -2.31. The Balaban J connectivity index is 1.44. The largest absolute Gasteiger partial charge is 0.480 e. The van der Waals surface area contributed by atoms with Crippen LogP contribution in [0.5, 0.6) is 0 Å². The van der Waals surface area contributed by atoms with E-state index in [0.29, 0.717) is 30.5 Å². The first-order valence-electron chi connectivity index (χ1n) is 29.4. The summed E-state index contributed by atoms with van der Waals surface area (Å²) in [4.78, 5) is 193. The second kappa shape index (κ2) is 35.3. The normalized spacial score (nSPS) is 28.5. The molecule has 2 aromatic rings. The van der Waals surface area contributed by atoms with Crippen LogP contribution in [-0.2, 0) is 75.2 Å². The predicted molar refractivity (Wildman–Crippen MR) is 330 cm³/mol. The number of hydrogen-bond donors (Lipinski definition) is 14. The molecule has 4 aliphatic heterocycles. The van der Waals surface area contributed by atoms with Crippen LogP contribution in [0.2, 0.25) is 0 Å². The highest BCUT2D eigenvalue weighted by atomic mass is 33.1. The van der Waals surface area contributed by atoms with Gasteiger partial charge in [0.15, 0.2) is 0 Å². The summed E-state index contributed by atoms with van der Waals surface area (Å²) in [7, 11) is 3.61. The molecule has 4 fully saturated rings. The van der Waals surface area contributed by atoms with E-state index < -0.39 is 163 Å². The third kappa shape index (κ3) is 20.4. The fraction of sp³-hybridized carbons (Fsp3) is 0.600. The summed E-state index contributed by atoms with van der Waals surface area (Å²) in [6.45, 7) is 3.49. The van der Waals surface area contributed by atoms with E-state index in [1.807, 2.05) is 0 Å². The third-order valence-corrected chi connectivity index (χ3v) is 19.9. The number of aliphatic hydroxyl groups excluding tert-OH is 1. The summed E-state index contributed by atoms with van der Waals surface area (Å²) in [6, 6.07) is -8.42. The Labute approximate surface area is 529 Å². The number of carboxylic acids is 1. The van der Waals surface area contributed by atoms with Crippen molar-refractivity contribution in [2.75, 3.05) is 49.3 Å². The lowest BCUT2D eigenvalue weighted by molar-refractivity contribution is -0.144. The minimum atomic E-state index is -1.79. The van der Waals surface area contributed by atoms with Crippen LogP contribution in [0.15, 0.2) is 42.9 Å². The van der Waals surface area contributed by atoms with Crippen molar-refractivity contribution in [3.8, 4) is 0 Å². The summed E-state index contributed by atoms with van der Waals surface area (Å²) in [5, 5.41) is 47.2. The number of nitrogens with zero attached hydrogens (tertiary/aromatic N) is 3. The number of fused-ring (bicyclic) bond motifs is 10. The second-order valence-corrected chi connectivity index (χ2v) is 26.6. The molecule has 0 unspecified atom stereocenters. The standard InChI is InChI=1S/C55H79N15O15S4/c1-4-12-33-53(82)69-17-10-16-42(69)52(81)68-40(55(84)85)27-89-88-26-39-50(79)65-36(23-71)47(76)64-35(20-30-22-57-28-58-30)54(83)70-18-11-15-41(70)51(80)61-32(6-3)45(74)66-38(25-87-86-24-37(48(77)67-39)59-43(72)21-56)49(78)63-34(19-29-13-8-7-9-14-29)46(75)60-31(5-2)44(73)62-33/h7-9,13-14,22,28,31-42,71H,4-6,10-12,15-21,23-27,56H2,1-3H3,(H,57,58)(H,59,72)(H,60,75)(H,61,80)(H,62,73)(H,63,78)(H,64,76)(H,65,79)(H,66,74)(H,67,77)(H,68,81)(H,84,85)/t31-,32-,33-,34-,35-,36-,37-,38-,39-,40-,41-,42-/m0/s1. The Morgan fingerprint density at radius 3 is 1.64 bits per heavy atom. The van der Waals surface area contributed by atoms with Gasteiger partial charge < -0.3 is 83.9 Å². The Morgan fingerprint density at radius 1 is 0.584 bits per heavy atom. The van der Waals surface area contributed by atoms with Crippen molar-refractivity contribution < 1.29 is 72.5 Å². The van der Waals surface area contributed by atoms with Gasteiger partial charge in [-0.3, -0.25) is 57.5 Å². The quantitative estimate of drug-likeness (QED) is 0.0916. The minimum Gasteiger partial charge on any atom is -0.480 e. The van der Waals surface area contributed by atoms with Crippen molar-refractivity contribution in [1.82, 2.24) is 72.9 Å². The van der Waals surface area contributed by atoms with Gasteiger partial charge in [0.1, 0.15) is 72.5 Å². The molecule has 4 aliphatic rings. The van der Waals surface area contributed by atoms with Crippen molar-refractivity contribution in [1.29, 1.82) is 0 Å². The summed E-state index contributed by atoms with van der Waals surface area (Å²) < 4.78 is 0. The lowest BCUT2D eigenvalue weighted by Crippen LogP contribution is -2.61. The van der Waals surface area contributed by atoms with Gasteiger partial charge in [0.05, 0.1) is 19.5 Å². The van der Waals surface area contributed by atoms with Crippen LogP contribution in [0.25, 0.3) is 0 Å². The van der Waals surface area contributed by atoms with Gasteiger partial charge in [0.2, 0.25) is 70.9 Å². The fourth-order valence-corrected chi connectivity index (χ4v) is 14.9. The molecule has 1 aromatic heterocycles. The van der Waals surface area contributed by atoms with E-state index in [4.69, 9.17) is 5.73 Å². The minimum absolute atomic E-state index is 0.00674. The number of carboxylic acid groups (broad SMARTS) is 1. The molecule has 30 nitrogen and oxygen atoms in total. The third-order valence-electron chi connectivity index (χ3n) is 15.1. The molecule has 4 saturated heterocycles. The Morgan fingerprint density at radius 2 is 1.08 bits per heavy atom. The maximum absolute atomic E-state index is 14.8. The first kappa shape index (κ1) is 70.9. The summed E-state index contributed by atoms with van der Waals surface area (Å²) in [6.07, 6.45) is 3.83. The molecule has 0 spiro atoms. The maximum Gasteiger partial charge on any atom is 0.327 e. The van der Waals surface area contributed by atoms with E-state index in [2.05, 4.69) is 63.1 Å². The SMILES string of the molecule is CCC[C@@H]1NC(=O)[C@H](CC)NC(=O)[C@H](Cc2ccccc2)NC(=O)[C@@H]2CSSC[C@H](NC(=O)CN)C(=O)N[C@@H](CSSC[C@@H](C(=O)O)NC(=O)[C@@H]3CCCN3C1=O)C(=O)N[C@@H](CO)C(=O)N[C@@H](Cc1cnc[nH]1)C(=O)N1CCC[C@H]1C(=O)N[C@@H](CC)C(=O)N2. The first-order chi connectivity index (χ1) is 42.7. The number of hydrogen-bond acceptors (Lipinski definition) is 20. The Kier molecular flexibility index (Phi) is 28.1. The van der Waals surface area contributed by atoms with Crippen molar-refractivity contribution in [2.24, 2.45) is 5.73 Å². The number of aromatic nitrogens is 2. The maximum atomic E-state index is 14.8. The molecule has 6 rings (SSSR count). The number of imidazole rings is 1. The van der Waals surface area contributed by atoms with Crippen molar-refractivity contribution >= 4 is 120 Å². The zero-order valence-electron chi connectivity index (χ0n) is 49.5. The zero-order valence-corrected chi connectivity index (χ0v) is 52.7. The molecule has 89 heavy (non-hydrogen) atoms. The van der Waals surface area contributed by atoms with Crippen LogP contribution in [0.3, 0.4) is 0 Å². The molecule has 5 heterocycles. The van der Waals surface area contributed by atoms with Gasteiger partial charge >= 0.3 is 5.97 Å². The summed E-state index contributed by atoms with van der Waals surface area (Å²) in [5.74, 6) is -12.9. The average molecular weight is 1320 g/mol. The summed E-state index contributed by atoms with van der Waals surface area (Å²) >= 11 is 0. The number of aliphatic hydroxyl groups is 1. The van der Waals surface area contributed by atoms with Crippen LogP contribution in [0, 0.1) is 0 Å². The van der Waals surface area contributed by atoms with Crippen molar-refractivity contribution in [3.63, 3.8) is 0 Å². The van der Waals surface area contributed by atoms with Crippen molar-refractivity contribution in [3.05, 3.63) is 54.1 Å². The molecular weight excluding hydrogens is 1240 g/mol. The van der Waals surface area contributed by atoms with Crippen LogP contribution < -0.4 is 58.9 Å².